The van der Waals surface area contributed by atoms with E-state index >= 15 is 0 Å². The van der Waals surface area contributed by atoms with E-state index in [0.29, 0.717) is 18.0 Å². The second-order valence-electron chi connectivity index (χ2n) is 4.43. The summed E-state index contributed by atoms with van der Waals surface area (Å²) in [6.07, 6.45) is 0.987. The van der Waals surface area contributed by atoms with Gasteiger partial charge in [0, 0.05) is 18.2 Å². The maximum absolute atomic E-state index is 11.9. The van der Waals surface area contributed by atoms with Crippen LogP contribution < -0.4 is 20.5 Å². The average Bonchev–Trinajstić information content (AvgIpc) is 2.38. The van der Waals surface area contributed by atoms with Crippen LogP contribution in [0.5, 0.6) is 11.5 Å². The number of nitrogens with one attached hydrogen (secondary N) is 1. The Labute approximate surface area is 114 Å². The van der Waals surface area contributed by atoms with Crippen molar-refractivity contribution < 1.29 is 14.3 Å². The van der Waals surface area contributed by atoms with Crippen molar-refractivity contribution >= 4 is 5.91 Å². The van der Waals surface area contributed by atoms with Crippen LogP contribution in [0.25, 0.3) is 0 Å². The Morgan fingerprint density at radius 3 is 2.37 bits per heavy atom. The largest absolute Gasteiger partial charge is 0.496 e. The molecule has 106 valence electrons. The summed E-state index contributed by atoms with van der Waals surface area (Å²) in [7, 11) is 3.15. The Balaban J connectivity index is 2.67. The molecule has 0 saturated heterocycles. The van der Waals surface area contributed by atoms with Crippen LogP contribution in [-0.2, 0) is 11.2 Å². The van der Waals surface area contributed by atoms with Crippen LogP contribution in [0.15, 0.2) is 18.2 Å². The van der Waals surface area contributed by atoms with E-state index in [2.05, 4.69) is 5.32 Å². The third-order valence-corrected chi connectivity index (χ3v) is 2.79. The summed E-state index contributed by atoms with van der Waals surface area (Å²) in [6, 6.07) is 5.54. The second kappa shape index (κ2) is 7.63. The van der Waals surface area contributed by atoms with Gasteiger partial charge in [0.1, 0.15) is 11.5 Å². The molecule has 0 aliphatic rings. The molecule has 0 aliphatic heterocycles. The molecule has 3 N–H and O–H groups in total. The molecule has 19 heavy (non-hydrogen) atoms. The Morgan fingerprint density at radius 2 is 1.89 bits per heavy atom. The van der Waals surface area contributed by atoms with Gasteiger partial charge in [0.25, 0.3) is 0 Å². The lowest BCUT2D eigenvalue weighted by Gasteiger charge is -2.13. The van der Waals surface area contributed by atoms with Crippen molar-refractivity contribution in [1.29, 1.82) is 0 Å². The quantitative estimate of drug-likeness (QED) is 0.775. The normalized spacial score (nSPS) is 11.8. The summed E-state index contributed by atoms with van der Waals surface area (Å²) in [5.41, 5.74) is 6.39. The molecular weight excluding hydrogens is 244 g/mol. The number of rotatable bonds is 7. The molecule has 1 aromatic rings. The average molecular weight is 266 g/mol. The molecule has 0 aliphatic carbocycles. The minimum atomic E-state index is -0.0662. The SMILES string of the molecule is COc1cccc(OC)c1CC(=O)NCCC(C)N. The Kier molecular flexibility index (Phi) is 6.15. The van der Waals surface area contributed by atoms with E-state index in [9.17, 15) is 4.79 Å². The third-order valence-electron chi connectivity index (χ3n) is 2.79. The fraction of sp³-hybridized carbons (Fsp3) is 0.500. The summed E-state index contributed by atoms with van der Waals surface area (Å²) in [5.74, 6) is 1.24. The summed E-state index contributed by atoms with van der Waals surface area (Å²) < 4.78 is 10.5. The molecule has 1 atom stereocenters. The van der Waals surface area contributed by atoms with E-state index in [0.717, 1.165) is 12.0 Å². The zero-order valence-electron chi connectivity index (χ0n) is 11.7. The first-order chi connectivity index (χ1) is 9.08. The first-order valence-electron chi connectivity index (χ1n) is 6.30. The van der Waals surface area contributed by atoms with Gasteiger partial charge in [-0.25, -0.2) is 0 Å². The molecule has 0 bridgehead atoms. The van der Waals surface area contributed by atoms with Gasteiger partial charge < -0.3 is 20.5 Å². The van der Waals surface area contributed by atoms with Gasteiger partial charge in [-0.05, 0) is 25.5 Å². The maximum Gasteiger partial charge on any atom is 0.224 e. The smallest absolute Gasteiger partial charge is 0.224 e. The predicted octanol–water partition coefficient (Wildman–Crippen LogP) is 1.10. The van der Waals surface area contributed by atoms with Crippen molar-refractivity contribution in [3.63, 3.8) is 0 Å². The molecule has 1 aromatic carbocycles. The molecule has 0 heterocycles. The Bertz CT molecular complexity index is 397. The van der Waals surface area contributed by atoms with Crippen molar-refractivity contribution in [1.82, 2.24) is 5.32 Å². The van der Waals surface area contributed by atoms with Gasteiger partial charge in [0.15, 0.2) is 0 Å². The predicted molar refractivity (Wildman–Crippen MR) is 74.5 cm³/mol. The zero-order chi connectivity index (χ0) is 14.3. The minimum absolute atomic E-state index is 0.0662. The van der Waals surface area contributed by atoms with Gasteiger partial charge in [-0.1, -0.05) is 6.07 Å². The number of carbonyl (C=O) groups excluding carboxylic acids is 1. The summed E-state index contributed by atoms with van der Waals surface area (Å²) in [5, 5.41) is 2.84. The molecule has 1 rings (SSSR count). The topological polar surface area (TPSA) is 73.6 Å². The summed E-state index contributed by atoms with van der Waals surface area (Å²) >= 11 is 0. The fourth-order valence-electron chi connectivity index (χ4n) is 1.76. The lowest BCUT2D eigenvalue weighted by atomic mass is 10.1. The minimum Gasteiger partial charge on any atom is -0.496 e. The van der Waals surface area contributed by atoms with Crippen molar-refractivity contribution in [3.8, 4) is 11.5 Å². The Hall–Kier alpha value is -1.75. The van der Waals surface area contributed by atoms with Crippen molar-refractivity contribution in [2.24, 2.45) is 5.73 Å². The molecule has 1 amide bonds. The molecule has 5 heteroatoms. The van der Waals surface area contributed by atoms with Crippen LogP contribution in [0.3, 0.4) is 0 Å². The highest BCUT2D eigenvalue weighted by atomic mass is 16.5. The highest BCUT2D eigenvalue weighted by Gasteiger charge is 2.13. The number of ether oxygens (including phenoxy) is 2. The van der Waals surface area contributed by atoms with E-state index < -0.39 is 0 Å². The number of methoxy groups -OCH3 is 2. The Morgan fingerprint density at radius 1 is 1.32 bits per heavy atom. The lowest BCUT2D eigenvalue weighted by molar-refractivity contribution is -0.120. The van der Waals surface area contributed by atoms with Gasteiger partial charge in [0.05, 0.1) is 20.6 Å². The van der Waals surface area contributed by atoms with E-state index in [4.69, 9.17) is 15.2 Å². The van der Waals surface area contributed by atoms with Gasteiger partial charge >= 0.3 is 0 Å². The molecule has 0 radical (unpaired) electrons. The van der Waals surface area contributed by atoms with Gasteiger partial charge in [0.2, 0.25) is 5.91 Å². The lowest BCUT2D eigenvalue weighted by Crippen LogP contribution is -2.30. The van der Waals surface area contributed by atoms with Gasteiger partial charge in [-0.2, -0.15) is 0 Å². The van der Waals surface area contributed by atoms with Crippen LogP contribution in [0, 0.1) is 0 Å². The molecule has 0 spiro atoms. The van der Waals surface area contributed by atoms with Gasteiger partial charge in [-0.15, -0.1) is 0 Å². The molecule has 5 nitrogen and oxygen atoms in total. The highest BCUT2D eigenvalue weighted by Crippen LogP contribution is 2.28. The van der Waals surface area contributed by atoms with Crippen LogP contribution in [0.1, 0.15) is 18.9 Å². The summed E-state index contributed by atoms with van der Waals surface area (Å²) in [6.45, 7) is 2.49. The maximum atomic E-state index is 11.9. The first-order valence-corrected chi connectivity index (χ1v) is 6.30. The van der Waals surface area contributed by atoms with Crippen LogP contribution in [0.2, 0.25) is 0 Å². The van der Waals surface area contributed by atoms with E-state index in [1.165, 1.54) is 0 Å². The molecule has 0 fully saturated rings. The number of benzene rings is 1. The molecular formula is C14H22N2O3. The van der Waals surface area contributed by atoms with Crippen molar-refractivity contribution in [2.45, 2.75) is 25.8 Å². The number of carbonyl (C=O) groups is 1. The third kappa shape index (κ3) is 4.79. The van der Waals surface area contributed by atoms with Crippen LogP contribution >= 0.6 is 0 Å². The van der Waals surface area contributed by atoms with Crippen molar-refractivity contribution in [3.05, 3.63) is 23.8 Å². The van der Waals surface area contributed by atoms with Crippen molar-refractivity contribution in [2.75, 3.05) is 20.8 Å². The molecule has 0 saturated carbocycles. The highest BCUT2D eigenvalue weighted by molar-refractivity contribution is 5.80. The van der Waals surface area contributed by atoms with E-state index in [-0.39, 0.29) is 18.4 Å². The van der Waals surface area contributed by atoms with E-state index in [1.54, 1.807) is 14.2 Å². The number of nitrogens with two attached hydrogens (primary N) is 1. The molecule has 1 unspecified atom stereocenters. The second-order valence-corrected chi connectivity index (χ2v) is 4.43. The number of hydrogen-bond acceptors (Lipinski definition) is 4. The monoisotopic (exact) mass is 266 g/mol. The van der Waals surface area contributed by atoms with Crippen LogP contribution in [-0.4, -0.2) is 32.7 Å². The van der Waals surface area contributed by atoms with Crippen LogP contribution in [0.4, 0.5) is 0 Å². The standard InChI is InChI=1S/C14H22N2O3/c1-10(15)7-8-16-14(17)9-11-12(18-2)5-4-6-13(11)19-3/h4-6,10H,7-9,15H2,1-3H3,(H,16,17). The first kappa shape index (κ1) is 15.3. The van der Waals surface area contributed by atoms with Gasteiger partial charge in [-0.3, -0.25) is 4.79 Å². The zero-order valence-corrected chi connectivity index (χ0v) is 11.7. The fourth-order valence-corrected chi connectivity index (χ4v) is 1.76. The van der Waals surface area contributed by atoms with E-state index in [1.807, 2.05) is 25.1 Å². The summed E-state index contributed by atoms with van der Waals surface area (Å²) in [4.78, 5) is 11.9. The number of amides is 1. The number of hydrogen-bond donors (Lipinski definition) is 2. The molecule has 0 aromatic heterocycles.